The molecule has 49 heavy (non-hydrogen) atoms. The highest BCUT2D eigenvalue weighted by Gasteiger charge is 2.35. The van der Waals surface area contributed by atoms with Gasteiger partial charge in [0.05, 0.1) is 37.5 Å². The number of aliphatic hydroxyl groups is 2. The maximum Gasteiger partial charge on any atom is 0.407 e. The summed E-state index contributed by atoms with van der Waals surface area (Å²) >= 11 is 0. The van der Waals surface area contributed by atoms with Crippen LogP contribution in [0.15, 0.2) is 78.9 Å². The maximum atomic E-state index is 13.9. The van der Waals surface area contributed by atoms with Crippen molar-refractivity contribution in [3.05, 3.63) is 101 Å². The quantitative estimate of drug-likeness (QED) is 0.200. The number of nitrogens with one attached hydrogen (secondary N) is 2. The fourth-order valence-electron chi connectivity index (χ4n) is 6.49. The number of benzene rings is 3. The van der Waals surface area contributed by atoms with E-state index >= 15 is 0 Å². The Morgan fingerprint density at radius 2 is 1.61 bits per heavy atom. The standard InChI is InChI=1S/C39H51N3O7/c1-39(2,3)49-38(46)40-33(24-28-13-15-31(16-14-28)48-22-19-42-17-20-47-21-18-42)34(43)26-30(23-27-9-5-4-6-10-27)37(45)41-36-32-12-8-7-11-29(32)25-35(36)44/h4-16,30,33-36,43-44H,17-26H2,1-3H3,(H,40,46)(H,41,45)/t30-,33-,34-,35+,36-/m0/s1. The van der Waals surface area contributed by atoms with E-state index in [4.69, 9.17) is 14.2 Å². The molecule has 2 amide bonds. The van der Waals surface area contributed by atoms with E-state index in [-0.39, 0.29) is 12.3 Å². The second kappa shape index (κ2) is 17.1. The Balaban J connectivity index is 1.29. The van der Waals surface area contributed by atoms with Gasteiger partial charge in [-0.05, 0) is 74.4 Å². The number of hydrogen-bond donors (Lipinski definition) is 4. The number of nitrogens with zero attached hydrogens (tertiary/aromatic N) is 1. The van der Waals surface area contributed by atoms with Crippen molar-refractivity contribution in [3.63, 3.8) is 0 Å². The van der Waals surface area contributed by atoms with Gasteiger partial charge >= 0.3 is 6.09 Å². The van der Waals surface area contributed by atoms with Gasteiger partial charge in [0.15, 0.2) is 0 Å². The summed E-state index contributed by atoms with van der Waals surface area (Å²) in [7, 11) is 0. The molecule has 5 atom stereocenters. The van der Waals surface area contributed by atoms with Gasteiger partial charge in [-0.2, -0.15) is 0 Å². The Bertz CT molecular complexity index is 1490. The second-order valence-corrected chi connectivity index (χ2v) is 14.0. The van der Waals surface area contributed by atoms with Gasteiger partial charge in [-0.1, -0.05) is 66.7 Å². The van der Waals surface area contributed by atoms with Crippen LogP contribution in [0, 0.1) is 5.92 Å². The number of fused-ring (bicyclic) bond motifs is 1. The summed E-state index contributed by atoms with van der Waals surface area (Å²) in [5.74, 6) is -0.162. The number of alkyl carbamates (subject to hydrolysis) is 1. The molecule has 1 aliphatic heterocycles. The Hall–Kier alpha value is -3.96. The maximum absolute atomic E-state index is 13.9. The molecule has 1 fully saturated rings. The first kappa shape index (κ1) is 36.3. The van der Waals surface area contributed by atoms with Crippen molar-refractivity contribution in [2.75, 3.05) is 39.5 Å². The van der Waals surface area contributed by atoms with Crippen molar-refractivity contribution >= 4 is 12.0 Å². The SMILES string of the molecule is CC(C)(C)OC(=O)N[C@@H](Cc1ccc(OCCN2CCOCC2)cc1)[C@@H](O)C[C@H](Cc1ccccc1)C(=O)N[C@H]1c2ccccc2C[C@H]1O. The monoisotopic (exact) mass is 673 g/mol. The number of amides is 2. The topological polar surface area (TPSA) is 130 Å². The second-order valence-electron chi connectivity index (χ2n) is 14.0. The molecule has 4 N–H and O–H groups in total. The van der Waals surface area contributed by atoms with E-state index in [1.807, 2.05) is 78.9 Å². The van der Waals surface area contributed by atoms with E-state index in [1.165, 1.54) is 0 Å². The predicted molar refractivity (Wildman–Crippen MR) is 187 cm³/mol. The molecule has 1 saturated heterocycles. The van der Waals surface area contributed by atoms with Crippen LogP contribution < -0.4 is 15.4 Å². The molecular formula is C39H51N3O7. The Morgan fingerprint density at radius 1 is 0.939 bits per heavy atom. The molecule has 0 aromatic heterocycles. The van der Waals surface area contributed by atoms with Gasteiger partial charge in [-0.3, -0.25) is 9.69 Å². The van der Waals surface area contributed by atoms with Crippen LogP contribution in [0.3, 0.4) is 0 Å². The smallest absolute Gasteiger partial charge is 0.407 e. The molecule has 3 aromatic rings. The van der Waals surface area contributed by atoms with E-state index in [2.05, 4.69) is 15.5 Å². The zero-order valence-corrected chi connectivity index (χ0v) is 28.8. The molecule has 0 spiro atoms. The third-order valence-electron chi connectivity index (χ3n) is 9.05. The highest BCUT2D eigenvalue weighted by Crippen LogP contribution is 2.32. The molecule has 0 unspecified atom stereocenters. The van der Waals surface area contributed by atoms with E-state index < -0.39 is 41.9 Å². The summed E-state index contributed by atoms with van der Waals surface area (Å²) in [4.78, 5) is 29.2. The van der Waals surface area contributed by atoms with Gasteiger partial charge < -0.3 is 35.1 Å². The molecule has 264 valence electrons. The first-order chi connectivity index (χ1) is 23.5. The summed E-state index contributed by atoms with van der Waals surface area (Å²) < 4.78 is 16.9. The van der Waals surface area contributed by atoms with Crippen molar-refractivity contribution in [1.82, 2.24) is 15.5 Å². The van der Waals surface area contributed by atoms with Gasteiger partial charge in [0.2, 0.25) is 5.91 Å². The number of morpholine rings is 1. The molecule has 0 radical (unpaired) electrons. The third-order valence-corrected chi connectivity index (χ3v) is 9.05. The fraction of sp³-hybridized carbons (Fsp3) is 0.487. The minimum atomic E-state index is -1.09. The Kier molecular flexibility index (Phi) is 12.7. The Labute approximate surface area is 289 Å². The van der Waals surface area contributed by atoms with Crippen molar-refractivity contribution in [3.8, 4) is 5.75 Å². The summed E-state index contributed by atoms with van der Waals surface area (Å²) in [6.07, 6.45) is -1.24. The lowest BCUT2D eigenvalue weighted by Crippen LogP contribution is -2.48. The van der Waals surface area contributed by atoms with Crippen LogP contribution >= 0.6 is 0 Å². The predicted octanol–water partition coefficient (Wildman–Crippen LogP) is 4.22. The normalized spacial score (nSPS) is 19.7. The van der Waals surface area contributed by atoms with E-state index in [0.29, 0.717) is 25.9 Å². The number of hydrogen-bond acceptors (Lipinski definition) is 8. The number of carbonyl (C=O) groups is 2. The summed E-state index contributed by atoms with van der Waals surface area (Å²) in [6, 6.07) is 23.7. The highest BCUT2D eigenvalue weighted by atomic mass is 16.6. The molecule has 2 aliphatic rings. The van der Waals surface area contributed by atoms with E-state index in [9.17, 15) is 19.8 Å². The van der Waals surface area contributed by atoms with Crippen LogP contribution in [0.25, 0.3) is 0 Å². The molecule has 10 nitrogen and oxygen atoms in total. The molecule has 10 heteroatoms. The molecule has 0 bridgehead atoms. The number of carbonyl (C=O) groups excluding carboxylic acids is 2. The lowest BCUT2D eigenvalue weighted by atomic mass is 9.88. The number of ether oxygens (including phenoxy) is 3. The first-order valence-corrected chi connectivity index (χ1v) is 17.3. The van der Waals surface area contributed by atoms with Crippen LogP contribution in [-0.2, 0) is 33.5 Å². The van der Waals surface area contributed by atoms with Crippen LogP contribution in [0.4, 0.5) is 4.79 Å². The van der Waals surface area contributed by atoms with Crippen molar-refractivity contribution in [2.24, 2.45) is 5.92 Å². The lowest BCUT2D eigenvalue weighted by Gasteiger charge is -2.30. The van der Waals surface area contributed by atoms with Crippen LogP contribution in [0.2, 0.25) is 0 Å². The average Bonchev–Trinajstić information content (AvgIpc) is 3.39. The minimum absolute atomic E-state index is 0.0778. The minimum Gasteiger partial charge on any atom is -0.492 e. The summed E-state index contributed by atoms with van der Waals surface area (Å²) in [5, 5.41) is 28.5. The largest absolute Gasteiger partial charge is 0.492 e. The zero-order chi connectivity index (χ0) is 34.8. The third kappa shape index (κ3) is 11.0. The van der Waals surface area contributed by atoms with Gasteiger partial charge in [-0.25, -0.2) is 4.79 Å². The average molecular weight is 674 g/mol. The van der Waals surface area contributed by atoms with Crippen LogP contribution in [0.5, 0.6) is 5.75 Å². The molecule has 1 aliphatic carbocycles. The van der Waals surface area contributed by atoms with E-state index in [0.717, 1.165) is 60.9 Å². The van der Waals surface area contributed by atoms with Gasteiger partial charge in [-0.15, -0.1) is 0 Å². The van der Waals surface area contributed by atoms with Crippen LogP contribution in [0.1, 0.15) is 55.5 Å². The van der Waals surface area contributed by atoms with E-state index in [1.54, 1.807) is 20.8 Å². The number of aliphatic hydroxyl groups excluding tert-OH is 2. The highest BCUT2D eigenvalue weighted by molar-refractivity contribution is 5.80. The van der Waals surface area contributed by atoms with Crippen molar-refractivity contribution in [2.45, 2.75) is 76.3 Å². The zero-order valence-electron chi connectivity index (χ0n) is 28.8. The molecule has 0 saturated carbocycles. The van der Waals surface area contributed by atoms with Gasteiger partial charge in [0.1, 0.15) is 18.0 Å². The molecule has 5 rings (SSSR count). The Morgan fingerprint density at radius 3 is 2.33 bits per heavy atom. The van der Waals surface area contributed by atoms with Crippen molar-refractivity contribution in [1.29, 1.82) is 0 Å². The van der Waals surface area contributed by atoms with Crippen molar-refractivity contribution < 1.29 is 34.0 Å². The molecule has 3 aromatic carbocycles. The fourth-order valence-corrected chi connectivity index (χ4v) is 6.49. The summed E-state index contributed by atoms with van der Waals surface area (Å²) in [5.41, 5.74) is 3.02. The molecular weight excluding hydrogens is 622 g/mol. The summed E-state index contributed by atoms with van der Waals surface area (Å²) in [6.45, 7) is 10.0. The number of rotatable bonds is 14. The van der Waals surface area contributed by atoms with Gasteiger partial charge in [0.25, 0.3) is 0 Å². The lowest BCUT2D eigenvalue weighted by molar-refractivity contribution is -0.127. The van der Waals surface area contributed by atoms with Crippen LogP contribution in [-0.4, -0.2) is 90.4 Å². The first-order valence-electron chi connectivity index (χ1n) is 17.3. The molecule has 1 heterocycles. The van der Waals surface area contributed by atoms with Gasteiger partial charge in [0, 0.05) is 32.0 Å².